The Morgan fingerprint density at radius 2 is 1.59 bits per heavy atom. The van der Waals surface area contributed by atoms with Gasteiger partial charge in [-0.3, -0.25) is 0 Å². The summed E-state index contributed by atoms with van der Waals surface area (Å²) in [4.78, 5) is 13.3. The van der Waals surface area contributed by atoms with Gasteiger partial charge in [-0.1, -0.05) is 0 Å². The molecule has 0 aliphatic heterocycles. The van der Waals surface area contributed by atoms with Crippen molar-refractivity contribution < 1.29 is 20.6 Å². The molecular formula is C23H24Cl2NOSiZr. The van der Waals surface area contributed by atoms with Gasteiger partial charge in [0.1, 0.15) is 0 Å². The van der Waals surface area contributed by atoms with Gasteiger partial charge >= 0.3 is 183 Å². The predicted octanol–water partition coefficient (Wildman–Crippen LogP) is 5.52. The van der Waals surface area contributed by atoms with Crippen LogP contribution in [0.2, 0.25) is 13.1 Å². The Hall–Kier alpha value is -1.19. The maximum absolute atomic E-state index is 13.3. The number of rotatable bonds is 4. The SMILES string of the molecule is Cc1ccccc1C(=O)[NH][Zr]([Cl])([Cl])([c]1cccc2c1Cc1ccccc1-2)[SiH](C)C. The molecule has 1 aliphatic carbocycles. The number of benzene rings is 3. The molecule has 0 bridgehead atoms. The summed E-state index contributed by atoms with van der Waals surface area (Å²) in [6.45, 7) is 6.25. The monoisotopic (exact) mass is 518 g/mol. The van der Waals surface area contributed by atoms with Gasteiger partial charge in [0, 0.05) is 0 Å². The molecule has 29 heavy (non-hydrogen) atoms. The molecule has 0 saturated carbocycles. The van der Waals surface area contributed by atoms with E-state index in [4.69, 9.17) is 17.0 Å². The molecule has 1 aliphatic rings. The molecule has 0 heterocycles. The molecule has 3 aromatic rings. The van der Waals surface area contributed by atoms with E-state index in [0.717, 1.165) is 15.3 Å². The number of carbonyl (C=O) groups is 1. The van der Waals surface area contributed by atoms with Gasteiger partial charge in [-0.2, -0.15) is 0 Å². The predicted molar refractivity (Wildman–Crippen MR) is 124 cm³/mol. The van der Waals surface area contributed by atoms with Crippen LogP contribution in [0.25, 0.3) is 11.1 Å². The fourth-order valence-corrected chi connectivity index (χ4v) is 21.9. The van der Waals surface area contributed by atoms with Crippen LogP contribution in [-0.2, 0) is 22.3 Å². The zero-order chi connectivity index (χ0) is 20.8. The zero-order valence-corrected chi connectivity index (χ0v) is 21.9. The van der Waals surface area contributed by atoms with Gasteiger partial charge in [0.15, 0.2) is 0 Å². The van der Waals surface area contributed by atoms with Crippen molar-refractivity contribution in [1.82, 2.24) is 3.26 Å². The minimum absolute atomic E-state index is 0.159. The quantitative estimate of drug-likeness (QED) is 0.353. The Morgan fingerprint density at radius 3 is 2.31 bits per heavy atom. The summed E-state index contributed by atoms with van der Waals surface area (Å²) in [5.41, 5.74) is 6.48. The molecule has 0 aromatic heterocycles. The van der Waals surface area contributed by atoms with Gasteiger partial charge < -0.3 is 0 Å². The number of nitrogens with one attached hydrogen (secondary N) is 1. The number of halogens is 2. The van der Waals surface area contributed by atoms with Gasteiger partial charge in [-0.25, -0.2) is 0 Å². The van der Waals surface area contributed by atoms with Crippen molar-refractivity contribution >= 4 is 32.1 Å². The van der Waals surface area contributed by atoms with Gasteiger partial charge in [0.05, 0.1) is 0 Å². The molecule has 0 saturated heterocycles. The average molecular weight is 521 g/mol. The van der Waals surface area contributed by atoms with Crippen LogP contribution in [0, 0.1) is 6.92 Å². The van der Waals surface area contributed by atoms with Crippen LogP contribution in [0.4, 0.5) is 0 Å². The molecular weight excluding hydrogens is 496 g/mol. The van der Waals surface area contributed by atoms with Crippen LogP contribution in [0.3, 0.4) is 0 Å². The van der Waals surface area contributed by atoms with Crippen LogP contribution in [0.5, 0.6) is 0 Å². The Bertz CT molecular complexity index is 1130. The molecule has 0 unspecified atom stereocenters. The first kappa shape index (κ1) is 21.1. The van der Waals surface area contributed by atoms with E-state index in [2.05, 4.69) is 52.8 Å². The van der Waals surface area contributed by atoms with Crippen LogP contribution < -0.4 is 6.53 Å². The zero-order valence-electron chi connectivity index (χ0n) is 16.8. The number of aryl methyl sites for hydroxylation is 1. The normalized spacial score (nSPS) is 14.1. The minimum atomic E-state index is -4.80. The molecule has 0 radical (unpaired) electrons. The molecule has 2 nitrogen and oxygen atoms in total. The number of carbonyl (C=O) groups excluding carboxylic acids is 1. The molecule has 0 atom stereocenters. The van der Waals surface area contributed by atoms with Crippen LogP contribution in [-0.4, -0.2) is 11.8 Å². The summed E-state index contributed by atoms with van der Waals surface area (Å²) in [5.74, 6) is -1.82. The van der Waals surface area contributed by atoms with E-state index in [1.54, 1.807) is 0 Å². The number of hydrogen-bond donors (Lipinski definition) is 1. The standard InChI is InChI=1S/C13H9.C8H9NO.C2H7Si.2ClH.Zr/c1-3-7-12-10(5-1)9-11-6-2-4-8-13(11)12;1-6-4-2-3-5-7(6)8(9)10;1-3-2;;;/h1-5,7-8H,9H2;2-5H,1H3,(H2,9,10);3H,1-2H3;2*1H;/q;;;;;+3/p-3. The van der Waals surface area contributed by atoms with Crippen molar-refractivity contribution in [2.45, 2.75) is 26.4 Å². The molecule has 1 N–H and O–H groups in total. The van der Waals surface area contributed by atoms with Crippen molar-refractivity contribution in [3.8, 4) is 11.1 Å². The summed E-state index contributed by atoms with van der Waals surface area (Å²) >= 11 is -4.80. The van der Waals surface area contributed by atoms with Crippen LogP contribution in [0.15, 0.2) is 66.7 Å². The summed E-state index contributed by atoms with van der Waals surface area (Å²) < 4.78 is 4.27. The molecule has 6 heteroatoms. The average Bonchev–Trinajstić information content (AvgIpc) is 3.06. The third kappa shape index (κ3) is 3.49. The van der Waals surface area contributed by atoms with E-state index in [-0.39, 0.29) is 5.91 Å². The second kappa shape index (κ2) is 7.50. The summed E-state index contributed by atoms with van der Waals surface area (Å²) in [6.07, 6.45) is 0.812. The van der Waals surface area contributed by atoms with E-state index in [1.807, 2.05) is 37.3 Å². The topological polar surface area (TPSA) is 29.1 Å². The van der Waals surface area contributed by atoms with Crippen molar-refractivity contribution in [3.63, 3.8) is 0 Å². The second-order valence-corrected chi connectivity index (χ2v) is 47.8. The maximum atomic E-state index is 13.3. The molecule has 149 valence electrons. The summed E-state index contributed by atoms with van der Waals surface area (Å²) in [5, 5.41) is 0. The Kier molecular flexibility index (Phi) is 5.44. The Labute approximate surface area is 181 Å². The summed E-state index contributed by atoms with van der Waals surface area (Å²) in [7, 11) is 15.0. The van der Waals surface area contributed by atoms with Crippen molar-refractivity contribution in [3.05, 3.63) is 89.0 Å². The third-order valence-corrected chi connectivity index (χ3v) is 50.0. The van der Waals surface area contributed by atoms with E-state index in [0.29, 0.717) is 5.56 Å². The third-order valence-electron chi connectivity index (χ3n) is 6.09. The summed E-state index contributed by atoms with van der Waals surface area (Å²) in [6, 6.07) is 22.2. The van der Waals surface area contributed by atoms with E-state index < -0.39 is 21.8 Å². The van der Waals surface area contributed by atoms with Crippen molar-refractivity contribution in [2.75, 3.05) is 0 Å². The fourth-order valence-electron chi connectivity index (χ4n) is 4.21. The molecule has 1 amide bonds. The van der Waals surface area contributed by atoms with E-state index in [1.165, 1.54) is 22.3 Å². The number of amides is 1. The number of fused-ring (bicyclic) bond motifs is 3. The van der Waals surface area contributed by atoms with Crippen LogP contribution >= 0.6 is 17.0 Å². The molecule has 4 rings (SSSR count). The first-order valence-corrected chi connectivity index (χ1v) is 25.8. The first-order chi connectivity index (χ1) is 13.7. The Morgan fingerprint density at radius 1 is 0.931 bits per heavy atom. The molecule has 0 spiro atoms. The first-order valence-electron chi connectivity index (χ1n) is 9.88. The van der Waals surface area contributed by atoms with E-state index in [9.17, 15) is 4.79 Å². The van der Waals surface area contributed by atoms with Gasteiger partial charge in [0.2, 0.25) is 0 Å². The number of hydrogen-bond acceptors (Lipinski definition) is 1. The van der Waals surface area contributed by atoms with Gasteiger partial charge in [0.25, 0.3) is 0 Å². The van der Waals surface area contributed by atoms with E-state index >= 15 is 0 Å². The van der Waals surface area contributed by atoms with Gasteiger partial charge in [-0.05, 0) is 0 Å². The van der Waals surface area contributed by atoms with Gasteiger partial charge in [-0.15, -0.1) is 0 Å². The van der Waals surface area contributed by atoms with Crippen molar-refractivity contribution in [2.24, 2.45) is 0 Å². The van der Waals surface area contributed by atoms with Crippen LogP contribution in [0.1, 0.15) is 27.0 Å². The fraction of sp³-hybridized carbons (Fsp3) is 0.174. The molecule has 3 aromatic carbocycles. The Balaban J connectivity index is 1.85. The second-order valence-electron chi connectivity index (χ2n) is 8.17. The van der Waals surface area contributed by atoms with Crippen molar-refractivity contribution in [1.29, 1.82) is 0 Å². The molecule has 0 fully saturated rings.